The van der Waals surface area contributed by atoms with Crippen molar-refractivity contribution in [2.75, 3.05) is 12.4 Å². The lowest BCUT2D eigenvalue weighted by atomic mass is 9.61. The molecule has 0 atom stereocenters. The second-order valence-electron chi connectivity index (χ2n) is 5.24. The number of nitrogens with one attached hydrogen (secondary N) is 1. The number of nitrogens with zero attached hydrogens (tertiary/aromatic N) is 1. The molecule has 1 aliphatic carbocycles. The van der Waals surface area contributed by atoms with Crippen LogP contribution in [-0.2, 0) is 4.79 Å². The zero-order valence-electron chi connectivity index (χ0n) is 11.6. The Morgan fingerprint density at radius 3 is 2.70 bits per heavy atom. The molecule has 0 unspecified atom stereocenters. The fourth-order valence-electron chi connectivity index (χ4n) is 2.73. The Bertz CT molecular complexity index is 536. The molecule has 0 spiro atoms. The van der Waals surface area contributed by atoms with E-state index in [-0.39, 0.29) is 11.7 Å². The van der Waals surface area contributed by atoms with Crippen molar-refractivity contribution in [3.05, 3.63) is 24.3 Å². The summed E-state index contributed by atoms with van der Waals surface area (Å²) in [5.74, 6) is 0.639. The summed E-state index contributed by atoms with van der Waals surface area (Å²) < 4.78 is 5.19. The number of rotatable bonds is 4. The summed E-state index contributed by atoms with van der Waals surface area (Å²) >= 11 is 0. The fourth-order valence-corrected chi connectivity index (χ4v) is 2.73. The zero-order valence-corrected chi connectivity index (χ0v) is 11.6. The molecule has 1 aliphatic rings. The molecule has 6 nitrogen and oxygen atoms in total. The van der Waals surface area contributed by atoms with Crippen LogP contribution in [0.5, 0.6) is 5.75 Å². The molecule has 0 heterocycles. The summed E-state index contributed by atoms with van der Waals surface area (Å²) in [5.41, 5.74) is 5.36. The van der Waals surface area contributed by atoms with Crippen molar-refractivity contribution in [3.8, 4) is 5.75 Å². The maximum absolute atomic E-state index is 12.5. The minimum Gasteiger partial charge on any atom is -0.495 e. The van der Waals surface area contributed by atoms with Crippen molar-refractivity contribution in [3.63, 3.8) is 0 Å². The van der Waals surface area contributed by atoms with Gasteiger partial charge in [0.15, 0.2) is 5.84 Å². The van der Waals surface area contributed by atoms with Gasteiger partial charge < -0.3 is 21.0 Å². The highest BCUT2D eigenvalue weighted by Gasteiger charge is 2.52. The van der Waals surface area contributed by atoms with E-state index in [1.54, 1.807) is 18.2 Å². The number of carbonyl (C=O) groups excluding carboxylic acids is 1. The van der Waals surface area contributed by atoms with Crippen LogP contribution in [-0.4, -0.2) is 24.1 Å². The molecule has 4 N–H and O–H groups in total. The van der Waals surface area contributed by atoms with E-state index in [0.717, 1.165) is 0 Å². The van der Waals surface area contributed by atoms with Gasteiger partial charge in [-0.3, -0.25) is 4.79 Å². The molecule has 1 aromatic rings. The number of oxime groups is 1. The Kier molecular flexibility index (Phi) is 3.83. The van der Waals surface area contributed by atoms with E-state index in [4.69, 9.17) is 15.7 Å². The maximum atomic E-state index is 12.5. The lowest BCUT2D eigenvalue weighted by Crippen LogP contribution is -2.54. The summed E-state index contributed by atoms with van der Waals surface area (Å²) in [6, 6.07) is 7.13. The third-order valence-electron chi connectivity index (χ3n) is 3.78. The highest BCUT2D eigenvalue weighted by atomic mass is 16.5. The van der Waals surface area contributed by atoms with Crippen LogP contribution in [0.15, 0.2) is 29.4 Å². The topological polar surface area (TPSA) is 96.9 Å². The van der Waals surface area contributed by atoms with Gasteiger partial charge in [-0.1, -0.05) is 24.2 Å². The van der Waals surface area contributed by atoms with Gasteiger partial charge in [0.05, 0.1) is 12.8 Å². The second kappa shape index (κ2) is 5.40. The number of para-hydroxylation sites is 2. The van der Waals surface area contributed by atoms with Gasteiger partial charge in [-0.2, -0.15) is 0 Å². The van der Waals surface area contributed by atoms with E-state index in [0.29, 0.717) is 30.2 Å². The quantitative estimate of drug-likeness (QED) is 0.338. The molecule has 0 saturated heterocycles. The van der Waals surface area contributed by atoms with Crippen molar-refractivity contribution in [2.24, 2.45) is 22.2 Å². The van der Waals surface area contributed by atoms with Crippen LogP contribution < -0.4 is 15.8 Å². The van der Waals surface area contributed by atoms with E-state index in [2.05, 4.69) is 10.5 Å². The van der Waals surface area contributed by atoms with Crippen LogP contribution >= 0.6 is 0 Å². The lowest BCUT2D eigenvalue weighted by Gasteiger charge is -2.43. The van der Waals surface area contributed by atoms with Gasteiger partial charge in [0.2, 0.25) is 5.91 Å². The highest BCUT2D eigenvalue weighted by molar-refractivity contribution is 6.13. The number of methoxy groups -OCH3 is 1. The number of hydrogen-bond donors (Lipinski definition) is 3. The molecular formula is C14H19N3O3. The number of nitrogens with two attached hydrogens (primary N) is 1. The van der Waals surface area contributed by atoms with E-state index in [1.807, 2.05) is 13.0 Å². The van der Waals surface area contributed by atoms with Gasteiger partial charge in [-0.15, -0.1) is 0 Å². The average Bonchev–Trinajstić information content (AvgIpc) is 2.43. The first-order valence-corrected chi connectivity index (χ1v) is 6.46. The van der Waals surface area contributed by atoms with Gasteiger partial charge >= 0.3 is 0 Å². The number of amides is 1. The predicted molar refractivity (Wildman–Crippen MR) is 75.9 cm³/mol. The van der Waals surface area contributed by atoms with Crippen LogP contribution in [0.4, 0.5) is 5.69 Å². The number of amidine groups is 1. The van der Waals surface area contributed by atoms with E-state index in [9.17, 15) is 4.79 Å². The second-order valence-corrected chi connectivity index (χ2v) is 5.24. The van der Waals surface area contributed by atoms with Crippen molar-refractivity contribution in [2.45, 2.75) is 19.8 Å². The lowest BCUT2D eigenvalue weighted by molar-refractivity contribution is -0.127. The molecule has 1 amide bonds. The monoisotopic (exact) mass is 277 g/mol. The van der Waals surface area contributed by atoms with E-state index < -0.39 is 5.41 Å². The molecule has 1 fully saturated rings. The summed E-state index contributed by atoms with van der Waals surface area (Å²) in [4.78, 5) is 12.5. The molecule has 1 saturated carbocycles. The van der Waals surface area contributed by atoms with Crippen LogP contribution in [0.3, 0.4) is 0 Å². The minimum absolute atomic E-state index is 0.0389. The Hall–Kier alpha value is -2.24. The zero-order chi connectivity index (χ0) is 14.8. The molecule has 6 heteroatoms. The average molecular weight is 277 g/mol. The first-order chi connectivity index (χ1) is 9.53. The summed E-state index contributed by atoms with van der Waals surface area (Å²) in [5, 5.41) is 14.7. The molecule has 0 aromatic heterocycles. The standard InChI is InChI=1S/C14H19N3O3/c1-9-7-14(8-9,12(15)17-19)13(18)16-10-5-3-4-6-11(10)20-2/h3-6,9,19H,7-8H2,1-2H3,(H2,15,17)(H,16,18). The molecule has 2 rings (SSSR count). The van der Waals surface area contributed by atoms with Crippen molar-refractivity contribution in [1.29, 1.82) is 0 Å². The van der Waals surface area contributed by atoms with E-state index in [1.165, 1.54) is 7.11 Å². The number of hydrogen-bond acceptors (Lipinski definition) is 4. The maximum Gasteiger partial charge on any atom is 0.238 e. The molecule has 20 heavy (non-hydrogen) atoms. The third kappa shape index (κ3) is 2.29. The van der Waals surface area contributed by atoms with Crippen LogP contribution in [0.1, 0.15) is 19.8 Å². The number of benzene rings is 1. The van der Waals surface area contributed by atoms with Gasteiger partial charge in [-0.25, -0.2) is 0 Å². The first kappa shape index (κ1) is 14.2. The van der Waals surface area contributed by atoms with Crippen LogP contribution in [0.2, 0.25) is 0 Å². The normalized spacial score (nSPS) is 25.7. The molecule has 1 aromatic carbocycles. The van der Waals surface area contributed by atoms with Crippen LogP contribution in [0, 0.1) is 11.3 Å². The Labute approximate surface area is 117 Å². The Morgan fingerprint density at radius 2 is 2.15 bits per heavy atom. The van der Waals surface area contributed by atoms with Crippen molar-refractivity contribution >= 4 is 17.4 Å². The van der Waals surface area contributed by atoms with Gasteiger partial charge in [0.25, 0.3) is 0 Å². The van der Waals surface area contributed by atoms with Gasteiger partial charge in [-0.05, 0) is 30.9 Å². The highest BCUT2D eigenvalue weighted by Crippen LogP contribution is 2.46. The van der Waals surface area contributed by atoms with Crippen molar-refractivity contribution < 1.29 is 14.7 Å². The minimum atomic E-state index is -0.922. The van der Waals surface area contributed by atoms with E-state index >= 15 is 0 Å². The number of carbonyl (C=O) groups is 1. The predicted octanol–water partition coefficient (Wildman–Crippen LogP) is 1.80. The smallest absolute Gasteiger partial charge is 0.238 e. The molecule has 108 valence electrons. The fraction of sp³-hybridized carbons (Fsp3) is 0.429. The van der Waals surface area contributed by atoms with Crippen molar-refractivity contribution in [1.82, 2.24) is 0 Å². The Balaban J connectivity index is 2.22. The summed E-state index contributed by atoms with van der Waals surface area (Å²) in [6.45, 7) is 2.03. The molecule has 0 bridgehead atoms. The van der Waals surface area contributed by atoms with Crippen LogP contribution in [0.25, 0.3) is 0 Å². The largest absolute Gasteiger partial charge is 0.495 e. The SMILES string of the molecule is COc1ccccc1NC(=O)C1(/C(N)=N/O)CC(C)C1. The summed E-state index contributed by atoms with van der Waals surface area (Å²) in [7, 11) is 1.54. The number of anilines is 1. The molecule has 0 aliphatic heterocycles. The van der Waals surface area contributed by atoms with Gasteiger partial charge in [0.1, 0.15) is 11.2 Å². The first-order valence-electron chi connectivity index (χ1n) is 6.46. The molecule has 0 radical (unpaired) electrons. The Morgan fingerprint density at radius 1 is 1.50 bits per heavy atom. The third-order valence-corrected chi connectivity index (χ3v) is 3.78. The number of ether oxygens (including phenoxy) is 1. The molecular weight excluding hydrogens is 258 g/mol. The van der Waals surface area contributed by atoms with Gasteiger partial charge in [0, 0.05) is 0 Å². The summed E-state index contributed by atoms with van der Waals surface area (Å²) in [6.07, 6.45) is 1.15.